The van der Waals surface area contributed by atoms with Crippen LogP contribution in [0.2, 0.25) is 0 Å². The van der Waals surface area contributed by atoms with Gasteiger partial charge in [-0.25, -0.2) is 9.07 Å². The molecule has 0 radical (unpaired) electrons. The molecule has 0 saturated heterocycles. The number of halogens is 1. The van der Waals surface area contributed by atoms with Crippen LogP contribution in [0.3, 0.4) is 0 Å². The fourth-order valence-electron chi connectivity index (χ4n) is 1.75. The van der Waals surface area contributed by atoms with Crippen LogP contribution >= 0.6 is 0 Å². The Kier molecular flexibility index (Phi) is 3.53. The minimum absolute atomic E-state index is 0.231. The van der Waals surface area contributed by atoms with Gasteiger partial charge in [0.05, 0.1) is 12.2 Å². The molecule has 0 bridgehead atoms. The second-order valence-electron chi connectivity index (χ2n) is 4.08. The summed E-state index contributed by atoms with van der Waals surface area (Å²) in [5, 5.41) is 4.17. The molecular weight excluding hydrogens is 233 g/mol. The highest BCUT2D eigenvalue weighted by Gasteiger charge is 2.05. The van der Waals surface area contributed by atoms with E-state index < -0.39 is 0 Å². The largest absolute Gasteiger partial charge is 0.326 e. The number of hydrogen-bond donors (Lipinski definition) is 1. The van der Waals surface area contributed by atoms with Crippen molar-refractivity contribution in [3.05, 3.63) is 63.3 Å². The van der Waals surface area contributed by atoms with Gasteiger partial charge in [-0.15, -0.1) is 0 Å². The molecule has 18 heavy (non-hydrogen) atoms. The Morgan fingerprint density at radius 2 is 2.17 bits per heavy atom. The van der Waals surface area contributed by atoms with Crippen LogP contribution in [0.25, 0.3) is 0 Å². The lowest BCUT2D eigenvalue weighted by atomic mass is 10.2. The molecule has 0 atom stereocenters. The van der Waals surface area contributed by atoms with Gasteiger partial charge in [0.15, 0.2) is 0 Å². The van der Waals surface area contributed by atoms with E-state index in [4.69, 9.17) is 5.73 Å². The third-order valence-electron chi connectivity index (χ3n) is 2.73. The first-order valence-corrected chi connectivity index (χ1v) is 5.62. The van der Waals surface area contributed by atoms with E-state index in [1.165, 1.54) is 22.9 Å². The first kappa shape index (κ1) is 12.4. The van der Waals surface area contributed by atoms with Crippen molar-refractivity contribution in [1.82, 2.24) is 9.78 Å². The van der Waals surface area contributed by atoms with Crippen molar-refractivity contribution >= 4 is 0 Å². The van der Waals surface area contributed by atoms with Crippen LogP contribution in [0.5, 0.6) is 0 Å². The van der Waals surface area contributed by atoms with Gasteiger partial charge in [-0.05, 0) is 30.2 Å². The zero-order chi connectivity index (χ0) is 13.1. The molecule has 1 aromatic heterocycles. The number of hydrogen-bond acceptors (Lipinski definition) is 3. The van der Waals surface area contributed by atoms with Gasteiger partial charge in [0, 0.05) is 12.6 Å². The maximum atomic E-state index is 13.0. The Hall–Kier alpha value is -2.01. The number of benzene rings is 1. The van der Waals surface area contributed by atoms with E-state index in [0.717, 1.165) is 5.56 Å². The highest BCUT2D eigenvalue weighted by molar-refractivity contribution is 5.19. The Morgan fingerprint density at radius 3 is 2.83 bits per heavy atom. The SMILES string of the molecule is Cc1nn(Cc2cccc(F)c2)c(=O)cc1CN. The van der Waals surface area contributed by atoms with Crippen LogP contribution < -0.4 is 11.3 Å². The topological polar surface area (TPSA) is 60.9 Å². The second-order valence-corrected chi connectivity index (χ2v) is 4.08. The van der Waals surface area contributed by atoms with Gasteiger partial charge >= 0.3 is 0 Å². The molecule has 0 saturated carbocycles. The van der Waals surface area contributed by atoms with Crippen molar-refractivity contribution < 1.29 is 4.39 Å². The predicted molar refractivity (Wildman–Crippen MR) is 66.6 cm³/mol. The number of nitrogens with two attached hydrogens (primary N) is 1. The Morgan fingerprint density at radius 1 is 1.39 bits per heavy atom. The number of rotatable bonds is 3. The Bertz CT molecular complexity index is 622. The van der Waals surface area contributed by atoms with E-state index in [1.807, 2.05) is 0 Å². The van der Waals surface area contributed by atoms with Crippen molar-refractivity contribution in [2.24, 2.45) is 5.73 Å². The fraction of sp³-hybridized carbons (Fsp3) is 0.231. The van der Waals surface area contributed by atoms with Crippen LogP contribution in [0, 0.1) is 12.7 Å². The third-order valence-corrected chi connectivity index (χ3v) is 2.73. The van der Waals surface area contributed by atoms with Crippen LogP contribution in [-0.4, -0.2) is 9.78 Å². The molecule has 0 fully saturated rings. The average Bonchev–Trinajstić information content (AvgIpc) is 2.33. The third kappa shape index (κ3) is 2.62. The molecule has 0 aliphatic rings. The Balaban J connectivity index is 2.35. The van der Waals surface area contributed by atoms with Gasteiger partial charge in [0.25, 0.3) is 5.56 Å². The molecule has 1 heterocycles. The summed E-state index contributed by atoms with van der Waals surface area (Å²) in [6.07, 6.45) is 0. The van der Waals surface area contributed by atoms with E-state index in [9.17, 15) is 9.18 Å². The predicted octanol–water partition coefficient (Wildman–Crippen LogP) is 1.20. The van der Waals surface area contributed by atoms with Crippen LogP contribution in [0.15, 0.2) is 35.1 Å². The van der Waals surface area contributed by atoms with E-state index in [2.05, 4.69) is 5.10 Å². The number of aromatic nitrogens is 2. The molecule has 2 N–H and O–H groups in total. The Labute approximate surface area is 104 Å². The van der Waals surface area contributed by atoms with Crippen LogP contribution in [-0.2, 0) is 13.1 Å². The minimum Gasteiger partial charge on any atom is -0.326 e. The highest BCUT2D eigenvalue weighted by atomic mass is 19.1. The number of nitrogens with zero attached hydrogens (tertiary/aromatic N) is 2. The van der Waals surface area contributed by atoms with Gasteiger partial charge in [0.2, 0.25) is 0 Å². The minimum atomic E-state index is -0.323. The lowest BCUT2D eigenvalue weighted by molar-refractivity contribution is 0.604. The monoisotopic (exact) mass is 247 g/mol. The van der Waals surface area contributed by atoms with E-state index >= 15 is 0 Å². The summed E-state index contributed by atoms with van der Waals surface area (Å²) < 4.78 is 14.4. The molecule has 2 aromatic rings. The van der Waals surface area contributed by atoms with Crippen LogP contribution in [0.1, 0.15) is 16.8 Å². The van der Waals surface area contributed by atoms with Crippen molar-refractivity contribution in [1.29, 1.82) is 0 Å². The van der Waals surface area contributed by atoms with Crippen molar-refractivity contribution in [2.45, 2.75) is 20.0 Å². The maximum absolute atomic E-state index is 13.0. The molecule has 0 unspecified atom stereocenters. The van der Waals surface area contributed by atoms with Gasteiger partial charge in [-0.1, -0.05) is 12.1 Å². The molecule has 0 amide bonds. The fourth-order valence-corrected chi connectivity index (χ4v) is 1.75. The quantitative estimate of drug-likeness (QED) is 0.886. The van der Waals surface area contributed by atoms with Crippen LogP contribution in [0.4, 0.5) is 4.39 Å². The summed E-state index contributed by atoms with van der Waals surface area (Å²) in [7, 11) is 0. The summed E-state index contributed by atoms with van der Waals surface area (Å²) >= 11 is 0. The lowest BCUT2D eigenvalue weighted by Gasteiger charge is -2.08. The van der Waals surface area contributed by atoms with Gasteiger partial charge in [-0.3, -0.25) is 4.79 Å². The lowest BCUT2D eigenvalue weighted by Crippen LogP contribution is -2.25. The molecule has 5 heteroatoms. The van der Waals surface area contributed by atoms with E-state index in [1.54, 1.807) is 19.1 Å². The molecule has 0 aliphatic carbocycles. The smallest absolute Gasteiger partial charge is 0.267 e. The maximum Gasteiger partial charge on any atom is 0.267 e. The molecule has 4 nitrogen and oxygen atoms in total. The summed E-state index contributed by atoms with van der Waals surface area (Å²) in [5.41, 5.74) is 7.42. The summed E-state index contributed by atoms with van der Waals surface area (Å²) in [4.78, 5) is 11.8. The van der Waals surface area contributed by atoms with Crippen molar-refractivity contribution in [3.63, 3.8) is 0 Å². The second kappa shape index (κ2) is 5.10. The van der Waals surface area contributed by atoms with Gasteiger partial charge in [0.1, 0.15) is 5.82 Å². The van der Waals surface area contributed by atoms with Crippen molar-refractivity contribution in [2.75, 3.05) is 0 Å². The summed E-state index contributed by atoms with van der Waals surface area (Å²) in [6, 6.07) is 7.59. The zero-order valence-electron chi connectivity index (χ0n) is 10.1. The standard InChI is InChI=1S/C13H14FN3O/c1-9-11(7-15)6-13(18)17(16-9)8-10-3-2-4-12(14)5-10/h2-6H,7-8,15H2,1H3. The molecule has 2 rings (SSSR count). The number of aryl methyl sites for hydroxylation is 1. The van der Waals surface area contributed by atoms with Gasteiger partial charge in [-0.2, -0.15) is 5.10 Å². The van der Waals surface area contributed by atoms with E-state index in [0.29, 0.717) is 11.3 Å². The normalized spacial score (nSPS) is 10.6. The van der Waals surface area contributed by atoms with Gasteiger partial charge < -0.3 is 5.73 Å². The zero-order valence-corrected chi connectivity index (χ0v) is 10.1. The first-order chi connectivity index (χ1) is 8.60. The van der Waals surface area contributed by atoms with E-state index in [-0.39, 0.29) is 24.5 Å². The molecule has 0 spiro atoms. The average molecular weight is 247 g/mol. The first-order valence-electron chi connectivity index (χ1n) is 5.62. The van der Waals surface area contributed by atoms with Crippen molar-refractivity contribution in [3.8, 4) is 0 Å². The molecular formula is C13H14FN3O. The molecule has 0 aliphatic heterocycles. The molecule has 94 valence electrons. The summed E-state index contributed by atoms with van der Waals surface area (Å²) in [6.45, 7) is 2.33. The molecule has 1 aromatic carbocycles. The highest BCUT2D eigenvalue weighted by Crippen LogP contribution is 2.05. The summed E-state index contributed by atoms with van der Waals surface area (Å²) in [5.74, 6) is -0.323.